The highest BCUT2D eigenvalue weighted by atomic mass is 16.6. The van der Waals surface area contributed by atoms with Crippen LogP contribution in [0.3, 0.4) is 0 Å². The molecule has 0 saturated heterocycles. The van der Waals surface area contributed by atoms with Gasteiger partial charge in [-0.05, 0) is 39.0 Å². The summed E-state index contributed by atoms with van der Waals surface area (Å²) in [6.45, 7) is 11.1. The van der Waals surface area contributed by atoms with Gasteiger partial charge in [0.1, 0.15) is 5.60 Å². The van der Waals surface area contributed by atoms with Gasteiger partial charge in [-0.3, -0.25) is 10.3 Å². The van der Waals surface area contributed by atoms with Crippen molar-refractivity contribution in [2.24, 2.45) is 5.73 Å². The maximum atomic E-state index is 12.1. The van der Waals surface area contributed by atoms with E-state index in [4.69, 9.17) is 20.9 Å². The van der Waals surface area contributed by atoms with E-state index in [-0.39, 0.29) is 11.2 Å². The maximum absolute atomic E-state index is 12.1. The fourth-order valence-electron chi connectivity index (χ4n) is 2.59. The average Bonchev–Trinajstić information content (AvgIpc) is 2.59. The number of rotatable bonds is 2. The summed E-state index contributed by atoms with van der Waals surface area (Å²) < 4.78 is 10.4. The van der Waals surface area contributed by atoms with E-state index in [1.807, 2.05) is 20.8 Å². The van der Waals surface area contributed by atoms with E-state index in [9.17, 15) is 9.59 Å². The van der Waals surface area contributed by atoms with Crippen LogP contribution in [0.15, 0.2) is 30.5 Å². The van der Waals surface area contributed by atoms with Crippen molar-refractivity contribution in [3.8, 4) is 17.6 Å². The number of carbonyl (C=O) groups excluding carboxylic acids is 2. The topological polar surface area (TPSA) is 130 Å². The van der Waals surface area contributed by atoms with Crippen molar-refractivity contribution in [2.75, 3.05) is 11.1 Å². The van der Waals surface area contributed by atoms with E-state index >= 15 is 0 Å². The lowest BCUT2D eigenvalue weighted by Crippen LogP contribution is -2.27. The lowest BCUT2D eigenvalue weighted by atomic mass is 9.90. The molecule has 2 rings (SSSR count). The van der Waals surface area contributed by atoms with Gasteiger partial charge in [0.25, 0.3) is 0 Å². The Labute approximate surface area is 182 Å². The number of benzene rings is 1. The van der Waals surface area contributed by atoms with Crippen molar-refractivity contribution < 1.29 is 19.1 Å². The molecule has 0 atom stereocenters. The molecule has 0 fully saturated rings. The molecule has 0 bridgehead atoms. The molecule has 2 amide bonds. The number of nitrogens with one attached hydrogen (secondary N) is 1. The second-order valence-electron chi connectivity index (χ2n) is 8.92. The summed E-state index contributed by atoms with van der Waals surface area (Å²) in [5.41, 5.74) is 12.6. The number of primary amides is 1. The number of hydrogen-bond acceptors (Lipinski definition) is 6. The van der Waals surface area contributed by atoms with Gasteiger partial charge in [-0.1, -0.05) is 32.6 Å². The Balaban J connectivity index is 2.40. The average molecular weight is 425 g/mol. The molecule has 2 aromatic rings. The molecule has 0 spiro atoms. The van der Waals surface area contributed by atoms with Crippen molar-refractivity contribution in [1.29, 1.82) is 0 Å². The van der Waals surface area contributed by atoms with Gasteiger partial charge >= 0.3 is 12.2 Å². The maximum Gasteiger partial charge on any atom is 0.412 e. The summed E-state index contributed by atoms with van der Waals surface area (Å²) in [6, 6.07) is 6.53. The van der Waals surface area contributed by atoms with Crippen LogP contribution in [-0.4, -0.2) is 22.8 Å². The normalized spacial score (nSPS) is 11.2. The Hall–Kier alpha value is -3.73. The van der Waals surface area contributed by atoms with Crippen LogP contribution in [0, 0.1) is 11.8 Å². The molecule has 0 unspecified atom stereocenters. The zero-order valence-corrected chi connectivity index (χ0v) is 18.6. The van der Waals surface area contributed by atoms with Crippen LogP contribution in [0.5, 0.6) is 5.75 Å². The number of ether oxygens (including phenoxy) is 2. The van der Waals surface area contributed by atoms with E-state index in [0.29, 0.717) is 28.2 Å². The molecule has 0 saturated carbocycles. The molecule has 0 aliphatic rings. The van der Waals surface area contributed by atoms with Gasteiger partial charge in [-0.2, -0.15) is 0 Å². The van der Waals surface area contributed by atoms with Crippen LogP contribution < -0.4 is 21.5 Å². The fraction of sp³-hybridized carbons (Fsp3) is 0.348. The molecule has 0 radical (unpaired) electrons. The lowest BCUT2D eigenvalue weighted by Gasteiger charge is -2.20. The van der Waals surface area contributed by atoms with Crippen molar-refractivity contribution in [3.63, 3.8) is 0 Å². The molecular weight excluding hydrogens is 396 g/mol. The lowest BCUT2D eigenvalue weighted by molar-refractivity contribution is 0.0636. The number of nitrogens with two attached hydrogens (primary N) is 2. The molecule has 1 heterocycles. The first kappa shape index (κ1) is 23.5. The molecule has 0 aliphatic heterocycles. The zero-order valence-electron chi connectivity index (χ0n) is 18.6. The standard InChI is InChI=1S/C23H28N4O4/c1-22(2,3)19-18(30-20(25)28)11-14(13-26-19)7-8-15-12-16(24)9-10-17(15)27-21(29)31-23(4,5)6/h9-13H,24H2,1-6H3,(H2,25,28)(H,27,29). The third kappa shape index (κ3) is 7.23. The van der Waals surface area contributed by atoms with Crippen LogP contribution in [0.1, 0.15) is 58.4 Å². The van der Waals surface area contributed by atoms with E-state index < -0.39 is 17.8 Å². The van der Waals surface area contributed by atoms with Crippen molar-refractivity contribution in [1.82, 2.24) is 4.98 Å². The summed E-state index contributed by atoms with van der Waals surface area (Å²) in [4.78, 5) is 27.8. The highest BCUT2D eigenvalue weighted by molar-refractivity contribution is 5.87. The number of nitrogens with zero attached hydrogens (tertiary/aromatic N) is 1. The Morgan fingerprint density at radius 3 is 2.32 bits per heavy atom. The first-order chi connectivity index (χ1) is 14.2. The molecular formula is C23H28N4O4. The summed E-state index contributed by atoms with van der Waals surface area (Å²) in [5, 5.41) is 2.68. The highest BCUT2D eigenvalue weighted by Gasteiger charge is 2.22. The minimum atomic E-state index is -0.933. The number of aromatic nitrogens is 1. The first-order valence-corrected chi connectivity index (χ1v) is 9.64. The Morgan fingerprint density at radius 1 is 1.06 bits per heavy atom. The minimum absolute atomic E-state index is 0.242. The highest BCUT2D eigenvalue weighted by Crippen LogP contribution is 2.30. The largest absolute Gasteiger partial charge is 0.444 e. The molecule has 8 nitrogen and oxygen atoms in total. The monoisotopic (exact) mass is 424 g/mol. The van der Waals surface area contributed by atoms with Gasteiger partial charge < -0.3 is 20.9 Å². The summed E-state index contributed by atoms with van der Waals surface area (Å²) >= 11 is 0. The van der Waals surface area contributed by atoms with E-state index in [1.165, 1.54) is 0 Å². The van der Waals surface area contributed by atoms with Gasteiger partial charge in [0, 0.05) is 28.9 Å². The Morgan fingerprint density at radius 2 is 1.74 bits per heavy atom. The predicted octanol–water partition coefficient (Wildman–Crippen LogP) is 4.17. The third-order valence-corrected chi connectivity index (χ3v) is 3.79. The Bertz CT molecular complexity index is 1050. The van der Waals surface area contributed by atoms with Crippen LogP contribution in [0.4, 0.5) is 21.0 Å². The fourth-order valence-corrected chi connectivity index (χ4v) is 2.59. The number of anilines is 2. The molecule has 164 valence electrons. The molecule has 31 heavy (non-hydrogen) atoms. The number of carbonyl (C=O) groups is 2. The number of amides is 2. The SMILES string of the molecule is CC(C)(C)OC(=O)Nc1ccc(N)cc1C#Cc1cnc(C(C)(C)C)c(OC(N)=O)c1. The third-order valence-electron chi connectivity index (χ3n) is 3.79. The first-order valence-electron chi connectivity index (χ1n) is 9.64. The van der Waals surface area contributed by atoms with Gasteiger partial charge in [0.15, 0.2) is 5.75 Å². The zero-order chi connectivity index (χ0) is 23.4. The quantitative estimate of drug-likeness (QED) is 0.490. The number of pyridine rings is 1. The van der Waals surface area contributed by atoms with Gasteiger partial charge in [0.05, 0.1) is 16.9 Å². The van der Waals surface area contributed by atoms with Crippen molar-refractivity contribution in [3.05, 3.63) is 47.3 Å². The van der Waals surface area contributed by atoms with Gasteiger partial charge in [-0.15, -0.1) is 0 Å². The number of nitrogen functional groups attached to an aromatic ring is 1. The van der Waals surface area contributed by atoms with E-state index in [1.54, 1.807) is 51.2 Å². The van der Waals surface area contributed by atoms with E-state index in [2.05, 4.69) is 22.1 Å². The van der Waals surface area contributed by atoms with Crippen LogP contribution in [-0.2, 0) is 10.2 Å². The van der Waals surface area contributed by atoms with Crippen molar-refractivity contribution >= 4 is 23.6 Å². The molecule has 8 heteroatoms. The number of hydrogen-bond donors (Lipinski definition) is 3. The molecule has 5 N–H and O–H groups in total. The van der Waals surface area contributed by atoms with Crippen molar-refractivity contribution in [2.45, 2.75) is 52.6 Å². The molecule has 1 aromatic heterocycles. The minimum Gasteiger partial charge on any atom is -0.444 e. The molecule has 1 aromatic carbocycles. The summed E-state index contributed by atoms with van der Waals surface area (Å²) in [7, 11) is 0. The predicted molar refractivity (Wildman–Crippen MR) is 120 cm³/mol. The molecule has 0 aliphatic carbocycles. The van der Waals surface area contributed by atoms with Gasteiger partial charge in [0.2, 0.25) is 0 Å². The summed E-state index contributed by atoms with van der Waals surface area (Å²) in [6.07, 6.45) is 0.0417. The van der Waals surface area contributed by atoms with Gasteiger partial charge in [-0.25, -0.2) is 9.59 Å². The van der Waals surface area contributed by atoms with Crippen LogP contribution in [0.2, 0.25) is 0 Å². The second kappa shape index (κ2) is 8.96. The second-order valence-corrected chi connectivity index (χ2v) is 8.92. The summed E-state index contributed by atoms with van der Waals surface area (Å²) in [5.74, 6) is 6.16. The Kier molecular flexibility index (Phi) is 6.81. The smallest absolute Gasteiger partial charge is 0.412 e. The van der Waals surface area contributed by atoms with E-state index in [0.717, 1.165) is 0 Å². The van der Waals surface area contributed by atoms with Crippen LogP contribution in [0.25, 0.3) is 0 Å². The van der Waals surface area contributed by atoms with Crippen LogP contribution >= 0.6 is 0 Å².